The van der Waals surface area contributed by atoms with E-state index in [9.17, 15) is 0 Å². The predicted molar refractivity (Wildman–Crippen MR) is 62.1 cm³/mol. The van der Waals surface area contributed by atoms with Crippen LogP contribution in [-0.2, 0) is 0 Å². The maximum absolute atomic E-state index is 4.75. The lowest BCUT2D eigenvalue weighted by Gasteiger charge is -2.25. The molecule has 0 atom stereocenters. The summed E-state index contributed by atoms with van der Waals surface area (Å²) < 4.78 is 7.08. The molecule has 1 saturated heterocycles. The van der Waals surface area contributed by atoms with Gasteiger partial charge in [0.1, 0.15) is 11.0 Å². The highest BCUT2D eigenvalue weighted by Gasteiger charge is 2.14. The van der Waals surface area contributed by atoms with Gasteiger partial charge < -0.3 is 5.32 Å². The van der Waals surface area contributed by atoms with Crippen LogP contribution in [0.15, 0.2) is 27.7 Å². The van der Waals surface area contributed by atoms with Gasteiger partial charge in [0.2, 0.25) is 0 Å². The predicted octanol–water partition coefficient (Wildman–Crippen LogP) is 1.14. The third-order valence-electron chi connectivity index (χ3n) is 2.55. The molecule has 0 bridgehead atoms. The molecule has 0 amide bonds. The zero-order valence-corrected chi connectivity index (χ0v) is 9.54. The van der Waals surface area contributed by atoms with Gasteiger partial charge in [0.15, 0.2) is 0 Å². The standard InChI is InChI=1S/C10H12N4OS/c1-2-8-10(13-15-12-8)9(3-1)16-14-6-4-11-5-7-14/h1-3,11H,4-7H2. The molecular weight excluding hydrogens is 224 g/mol. The number of fused-ring (bicyclic) bond motifs is 1. The molecule has 3 rings (SSSR count). The quantitative estimate of drug-likeness (QED) is 0.789. The minimum Gasteiger partial charge on any atom is -0.314 e. The molecule has 1 aromatic heterocycles. The van der Waals surface area contributed by atoms with E-state index in [1.54, 1.807) is 11.9 Å². The largest absolute Gasteiger partial charge is 0.314 e. The van der Waals surface area contributed by atoms with Gasteiger partial charge in [-0.3, -0.25) is 0 Å². The molecule has 16 heavy (non-hydrogen) atoms. The van der Waals surface area contributed by atoms with Crippen LogP contribution in [0.25, 0.3) is 11.0 Å². The molecule has 0 radical (unpaired) electrons. The van der Waals surface area contributed by atoms with Gasteiger partial charge in [-0.2, -0.15) is 0 Å². The molecule has 0 spiro atoms. The summed E-state index contributed by atoms with van der Waals surface area (Å²) in [6.07, 6.45) is 0. The molecule has 84 valence electrons. The Morgan fingerprint density at radius 2 is 2.12 bits per heavy atom. The van der Waals surface area contributed by atoms with Crippen molar-refractivity contribution >= 4 is 23.0 Å². The van der Waals surface area contributed by atoms with Crippen LogP contribution in [0.5, 0.6) is 0 Å². The lowest BCUT2D eigenvalue weighted by Crippen LogP contribution is -2.39. The van der Waals surface area contributed by atoms with E-state index < -0.39 is 0 Å². The normalized spacial score (nSPS) is 18.0. The van der Waals surface area contributed by atoms with Crippen molar-refractivity contribution in [3.8, 4) is 0 Å². The van der Waals surface area contributed by atoms with Gasteiger partial charge in [-0.15, -0.1) is 0 Å². The van der Waals surface area contributed by atoms with E-state index in [1.807, 2.05) is 12.1 Å². The Morgan fingerprint density at radius 1 is 1.25 bits per heavy atom. The van der Waals surface area contributed by atoms with Crippen LogP contribution in [0.1, 0.15) is 0 Å². The van der Waals surface area contributed by atoms with Gasteiger partial charge in [-0.25, -0.2) is 8.93 Å². The summed E-state index contributed by atoms with van der Waals surface area (Å²) in [5.74, 6) is 0. The van der Waals surface area contributed by atoms with Gasteiger partial charge in [0.05, 0.1) is 4.90 Å². The van der Waals surface area contributed by atoms with Gasteiger partial charge in [0, 0.05) is 26.2 Å². The molecule has 0 saturated carbocycles. The van der Waals surface area contributed by atoms with E-state index >= 15 is 0 Å². The van der Waals surface area contributed by atoms with Crippen molar-refractivity contribution in [2.45, 2.75) is 4.90 Å². The summed E-state index contributed by atoms with van der Waals surface area (Å²) in [7, 11) is 0. The first-order valence-electron chi connectivity index (χ1n) is 5.28. The fourth-order valence-corrected chi connectivity index (χ4v) is 2.74. The van der Waals surface area contributed by atoms with Crippen molar-refractivity contribution in [3.05, 3.63) is 18.2 Å². The number of nitrogens with one attached hydrogen (secondary N) is 1. The second-order valence-electron chi connectivity index (χ2n) is 3.66. The topological polar surface area (TPSA) is 54.2 Å². The van der Waals surface area contributed by atoms with Crippen molar-refractivity contribution in [3.63, 3.8) is 0 Å². The molecular formula is C10H12N4OS. The number of hydrogen-bond acceptors (Lipinski definition) is 6. The number of nitrogens with zero attached hydrogens (tertiary/aromatic N) is 3. The van der Waals surface area contributed by atoms with E-state index in [0.717, 1.165) is 42.1 Å². The number of rotatable bonds is 2. The molecule has 2 heterocycles. The average Bonchev–Trinajstić information content (AvgIpc) is 2.80. The van der Waals surface area contributed by atoms with Gasteiger partial charge in [-0.05, 0) is 34.4 Å². The van der Waals surface area contributed by atoms with Crippen molar-refractivity contribution < 1.29 is 4.63 Å². The summed E-state index contributed by atoms with van der Waals surface area (Å²) >= 11 is 1.73. The van der Waals surface area contributed by atoms with Crippen LogP contribution in [0.2, 0.25) is 0 Å². The van der Waals surface area contributed by atoms with Crippen LogP contribution in [0, 0.1) is 0 Å². The molecule has 0 aliphatic carbocycles. The molecule has 5 nitrogen and oxygen atoms in total. The molecule has 1 aliphatic heterocycles. The SMILES string of the molecule is c1cc(SN2CCNCC2)c2nonc2c1. The molecule has 0 unspecified atom stereocenters. The average molecular weight is 236 g/mol. The first-order chi connectivity index (χ1) is 7.93. The van der Waals surface area contributed by atoms with Crippen LogP contribution < -0.4 is 5.32 Å². The highest BCUT2D eigenvalue weighted by Crippen LogP contribution is 2.28. The molecule has 1 aromatic carbocycles. The maximum atomic E-state index is 4.75. The van der Waals surface area contributed by atoms with E-state index in [0.29, 0.717) is 0 Å². The number of aromatic nitrogens is 2. The summed E-state index contributed by atoms with van der Waals surface area (Å²) in [6.45, 7) is 4.18. The first-order valence-corrected chi connectivity index (χ1v) is 6.06. The van der Waals surface area contributed by atoms with E-state index in [2.05, 4.69) is 26.0 Å². The van der Waals surface area contributed by atoms with Gasteiger partial charge in [0.25, 0.3) is 0 Å². The Hall–Kier alpha value is -1.11. The monoisotopic (exact) mass is 236 g/mol. The minimum atomic E-state index is 0.820. The second kappa shape index (κ2) is 4.40. The van der Waals surface area contributed by atoms with Crippen molar-refractivity contribution in [2.75, 3.05) is 26.2 Å². The Kier molecular flexibility index (Phi) is 2.77. The fourth-order valence-electron chi connectivity index (χ4n) is 1.73. The van der Waals surface area contributed by atoms with Gasteiger partial charge in [-0.1, -0.05) is 6.07 Å². The minimum absolute atomic E-state index is 0.820. The lowest BCUT2D eigenvalue weighted by molar-refractivity contribution is 0.315. The first kappa shape index (κ1) is 10.1. The van der Waals surface area contributed by atoms with Crippen LogP contribution in [-0.4, -0.2) is 40.8 Å². The highest BCUT2D eigenvalue weighted by molar-refractivity contribution is 7.97. The van der Waals surface area contributed by atoms with E-state index in [4.69, 9.17) is 4.63 Å². The van der Waals surface area contributed by atoms with Crippen LogP contribution >= 0.6 is 11.9 Å². The van der Waals surface area contributed by atoms with Crippen molar-refractivity contribution in [2.24, 2.45) is 0 Å². The van der Waals surface area contributed by atoms with Crippen LogP contribution in [0.3, 0.4) is 0 Å². The van der Waals surface area contributed by atoms with Crippen molar-refractivity contribution in [1.29, 1.82) is 0 Å². The number of hydrogen-bond donors (Lipinski definition) is 1. The van der Waals surface area contributed by atoms with Crippen LogP contribution in [0.4, 0.5) is 0 Å². The summed E-state index contributed by atoms with van der Waals surface area (Å²) in [5.41, 5.74) is 1.67. The Labute approximate surface area is 97.3 Å². The van der Waals surface area contributed by atoms with E-state index in [-0.39, 0.29) is 0 Å². The molecule has 1 aliphatic rings. The second-order valence-corrected chi connectivity index (χ2v) is 4.80. The summed E-state index contributed by atoms with van der Waals surface area (Å²) in [4.78, 5) is 1.11. The Bertz CT molecular complexity index is 480. The van der Waals surface area contributed by atoms with E-state index in [1.165, 1.54) is 0 Å². The summed E-state index contributed by atoms with van der Waals surface area (Å²) in [6, 6.07) is 5.95. The number of piperazine rings is 1. The number of benzene rings is 1. The third kappa shape index (κ3) is 1.91. The third-order valence-corrected chi connectivity index (χ3v) is 3.70. The molecule has 6 heteroatoms. The highest BCUT2D eigenvalue weighted by atomic mass is 32.2. The smallest absolute Gasteiger partial charge is 0.150 e. The maximum Gasteiger partial charge on any atom is 0.150 e. The Balaban J connectivity index is 1.85. The fraction of sp³-hybridized carbons (Fsp3) is 0.400. The molecule has 1 N–H and O–H groups in total. The lowest BCUT2D eigenvalue weighted by atomic mass is 10.3. The van der Waals surface area contributed by atoms with Crippen molar-refractivity contribution in [1.82, 2.24) is 19.9 Å². The Morgan fingerprint density at radius 3 is 3.00 bits per heavy atom. The molecule has 2 aromatic rings. The van der Waals surface area contributed by atoms with Gasteiger partial charge >= 0.3 is 0 Å². The zero-order valence-electron chi connectivity index (χ0n) is 8.72. The summed E-state index contributed by atoms with van der Waals surface area (Å²) in [5, 5.41) is 11.1. The zero-order chi connectivity index (χ0) is 10.8. The molecule has 1 fully saturated rings.